The monoisotopic (exact) mass is 602 g/mol. The summed E-state index contributed by atoms with van der Waals surface area (Å²) in [5.74, 6) is 1.49. The first kappa shape index (κ1) is 24.6. The molecule has 2 aromatic carbocycles. The molecule has 0 saturated carbocycles. The topological polar surface area (TPSA) is 67.7 Å². The van der Waals surface area contributed by atoms with Gasteiger partial charge in [-0.15, -0.1) is 0 Å². The Morgan fingerprint density at radius 3 is 2.58 bits per heavy atom. The molecule has 0 radical (unpaired) electrons. The van der Waals surface area contributed by atoms with Crippen LogP contribution >= 0.6 is 22.9 Å². The van der Waals surface area contributed by atoms with Gasteiger partial charge in [0, 0.05) is 85.5 Å². The molecule has 1 aliphatic heterocycles. The summed E-state index contributed by atoms with van der Waals surface area (Å²) in [7, 11) is 3.27. The van der Waals surface area contributed by atoms with Crippen molar-refractivity contribution in [3.8, 4) is 11.5 Å². The fraction of sp³-hybridized carbons (Fsp3) is 0.308. The molecule has 5 rings (SSSR count). The molecule has 0 spiro atoms. The van der Waals surface area contributed by atoms with E-state index in [0.29, 0.717) is 23.1 Å². The Kier molecular flexibility index (Phi) is 7.42. The van der Waals surface area contributed by atoms with Crippen molar-refractivity contribution in [2.45, 2.75) is 13.0 Å². The lowest BCUT2D eigenvalue weighted by Crippen LogP contribution is -2.42. The molecular formula is C26H28FIN6O2. The van der Waals surface area contributed by atoms with Crippen LogP contribution in [-0.2, 0) is 13.0 Å². The Morgan fingerprint density at radius 2 is 1.81 bits per heavy atom. The van der Waals surface area contributed by atoms with E-state index in [-0.39, 0.29) is 5.82 Å². The van der Waals surface area contributed by atoms with Crippen LogP contribution in [0.4, 0.5) is 21.7 Å². The van der Waals surface area contributed by atoms with Crippen LogP contribution < -0.4 is 19.7 Å². The highest BCUT2D eigenvalue weighted by molar-refractivity contribution is 14.1. The predicted octanol–water partition coefficient (Wildman–Crippen LogP) is 5.05. The fourth-order valence-electron chi connectivity index (χ4n) is 4.46. The summed E-state index contributed by atoms with van der Waals surface area (Å²) in [6.45, 7) is 4.03. The minimum atomic E-state index is -0.304. The molecule has 8 nitrogen and oxygen atoms in total. The van der Waals surface area contributed by atoms with Gasteiger partial charge in [-0.25, -0.2) is 12.5 Å². The Labute approximate surface area is 223 Å². The molecule has 0 aliphatic carbocycles. The molecule has 0 atom stereocenters. The van der Waals surface area contributed by atoms with E-state index in [1.807, 2.05) is 35.4 Å². The number of aryl methyl sites for hydroxylation is 2. The molecule has 1 fully saturated rings. The van der Waals surface area contributed by atoms with Crippen molar-refractivity contribution in [2.24, 2.45) is 0 Å². The van der Waals surface area contributed by atoms with Gasteiger partial charge in [-0.3, -0.25) is 0 Å². The summed E-state index contributed by atoms with van der Waals surface area (Å²) in [4.78, 5) is 11.2. The first-order valence-corrected chi connectivity index (χ1v) is 12.8. The second-order valence-corrected chi connectivity index (χ2v) is 9.93. The van der Waals surface area contributed by atoms with Crippen molar-refractivity contribution < 1.29 is 13.9 Å². The van der Waals surface area contributed by atoms with Crippen LogP contribution in [0.5, 0.6) is 11.5 Å². The number of nitrogens with one attached hydrogen (secondary N) is 1. The SMILES string of the molecule is COc1ccccc1CCn1ccc2cnc(Nc3cc(F)c(N4CCN(I)CC4)cc3OC)nc21. The number of rotatable bonds is 8. The van der Waals surface area contributed by atoms with E-state index in [2.05, 4.69) is 46.9 Å². The predicted molar refractivity (Wildman–Crippen MR) is 148 cm³/mol. The Hall–Kier alpha value is -3.12. The van der Waals surface area contributed by atoms with Crippen molar-refractivity contribution in [1.82, 2.24) is 17.6 Å². The number of methoxy groups -OCH3 is 2. The van der Waals surface area contributed by atoms with Crippen LogP contribution in [0.1, 0.15) is 5.56 Å². The largest absolute Gasteiger partial charge is 0.496 e. The van der Waals surface area contributed by atoms with Crippen LogP contribution in [0.3, 0.4) is 0 Å². The Morgan fingerprint density at radius 1 is 1.03 bits per heavy atom. The highest BCUT2D eigenvalue weighted by Crippen LogP contribution is 2.35. The molecule has 3 heterocycles. The molecule has 0 amide bonds. The Balaban J connectivity index is 1.37. The summed E-state index contributed by atoms with van der Waals surface area (Å²) in [5.41, 5.74) is 2.96. The number of hydrogen-bond acceptors (Lipinski definition) is 7. The van der Waals surface area contributed by atoms with Crippen molar-refractivity contribution in [3.63, 3.8) is 0 Å². The van der Waals surface area contributed by atoms with E-state index in [9.17, 15) is 0 Å². The van der Waals surface area contributed by atoms with Gasteiger partial charge in [0.25, 0.3) is 0 Å². The van der Waals surface area contributed by atoms with Crippen molar-refractivity contribution in [2.75, 3.05) is 50.6 Å². The number of hydrogen-bond donors (Lipinski definition) is 1. The average Bonchev–Trinajstić information content (AvgIpc) is 3.30. The zero-order valence-electron chi connectivity index (χ0n) is 20.2. The molecule has 10 heteroatoms. The third-order valence-corrected chi connectivity index (χ3v) is 7.36. The van der Waals surface area contributed by atoms with E-state index in [4.69, 9.17) is 14.5 Å². The lowest BCUT2D eigenvalue weighted by molar-refractivity contribution is 0.408. The normalized spacial score (nSPS) is 14.3. The maximum Gasteiger partial charge on any atom is 0.229 e. The molecular weight excluding hydrogens is 574 g/mol. The average molecular weight is 602 g/mol. The van der Waals surface area contributed by atoms with Gasteiger partial charge in [0.15, 0.2) is 0 Å². The minimum absolute atomic E-state index is 0.304. The van der Waals surface area contributed by atoms with Crippen LogP contribution in [0.2, 0.25) is 0 Å². The van der Waals surface area contributed by atoms with E-state index in [1.54, 1.807) is 26.5 Å². The number of halogens is 2. The lowest BCUT2D eigenvalue weighted by atomic mass is 10.1. The summed E-state index contributed by atoms with van der Waals surface area (Å²) in [6, 6.07) is 13.2. The number of nitrogens with zero attached hydrogens (tertiary/aromatic N) is 5. The second-order valence-electron chi connectivity index (χ2n) is 8.57. The maximum absolute atomic E-state index is 15.1. The Bertz CT molecular complexity index is 1360. The van der Waals surface area contributed by atoms with Gasteiger partial charge in [-0.2, -0.15) is 4.98 Å². The molecule has 1 saturated heterocycles. The molecule has 0 bridgehead atoms. The van der Waals surface area contributed by atoms with Crippen molar-refractivity contribution in [3.05, 3.63) is 66.2 Å². The number of ether oxygens (including phenoxy) is 2. The summed E-state index contributed by atoms with van der Waals surface area (Å²) in [6.07, 6.45) is 4.57. The summed E-state index contributed by atoms with van der Waals surface area (Å²) < 4.78 is 30.5. The van der Waals surface area contributed by atoms with Crippen LogP contribution in [0.15, 0.2) is 54.9 Å². The third-order valence-electron chi connectivity index (χ3n) is 6.40. The smallest absolute Gasteiger partial charge is 0.229 e. The lowest BCUT2D eigenvalue weighted by Gasteiger charge is -2.33. The van der Waals surface area contributed by atoms with E-state index in [1.165, 1.54) is 6.07 Å². The highest BCUT2D eigenvalue weighted by atomic mass is 127. The molecule has 36 heavy (non-hydrogen) atoms. The number of anilines is 3. The second kappa shape index (κ2) is 10.9. The standard InChI is InChI=1S/C26H28FIN6O2/c1-35-23-6-4-3-5-18(23)7-9-33-10-8-19-17-29-26(31-25(19)33)30-21-15-20(27)22(16-24(21)36-2)32-11-13-34(28)14-12-32/h3-6,8,10,15-17H,7,9,11-14H2,1-2H3,(H,29,30,31). The molecule has 0 unspecified atom stereocenters. The van der Waals surface area contributed by atoms with Crippen LogP contribution in [-0.4, -0.2) is 58.0 Å². The zero-order valence-corrected chi connectivity index (χ0v) is 22.4. The first-order chi connectivity index (χ1) is 17.6. The number of fused-ring (bicyclic) bond motifs is 1. The van der Waals surface area contributed by atoms with Gasteiger partial charge < -0.3 is 24.3 Å². The van der Waals surface area contributed by atoms with Gasteiger partial charge in [0.05, 0.1) is 25.6 Å². The number of aromatic nitrogens is 3. The zero-order chi connectivity index (χ0) is 25.1. The van der Waals surface area contributed by atoms with Crippen molar-refractivity contribution >= 4 is 51.2 Å². The quantitative estimate of drug-likeness (QED) is 0.224. The van der Waals surface area contributed by atoms with Gasteiger partial charge in [-0.05, 0) is 24.1 Å². The van der Waals surface area contributed by atoms with E-state index >= 15 is 4.39 Å². The first-order valence-electron chi connectivity index (χ1n) is 11.8. The molecule has 188 valence electrons. The third kappa shape index (κ3) is 5.19. The molecule has 2 aromatic heterocycles. The molecule has 1 aliphatic rings. The van der Waals surface area contributed by atoms with E-state index < -0.39 is 0 Å². The molecule has 1 N–H and O–H groups in total. The summed E-state index contributed by atoms with van der Waals surface area (Å²) in [5, 5.41) is 4.09. The van der Waals surface area contributed by atoms with Crippen molar-refractivity contribution in [1.29, 1.82) is 0 Å². The van der Waals surface area contributed by atoms with Gasteiger partial charge >= 0.3 is 0 Å². The van der Waals surface area contributed by atoms with E-state index in [0.717, 1.165) is 61.5 Å². The number of para-hydroxylation sites is 1. The fourth-order valence-corrected chi connectivity index (χ4v) is 4.89. The maximum atomic E-state index is 15.1. The molecule has 4 aromatic rings. The minimum Gasteiger partial charge on any atom is -0.496 e. The van der Waals surface area contributed by atoms with Crippen LogP contribution in [0, 0.1) is 5.82 Å². The van der Waals surface area contributed by atoms with Gasteiger partial charge in [0.1, 0.15) is 23.0 Å². The number of piperazine rings is 1. The highest BCUT2D eigenvalue weighted by Gasteiger charge is 2.21. The number of benzene rings is 2. The van der Waals surface area contributed by atoms with Crippen LogP contribution in [0.25, 0.3) is 11.0 Å². The van der Waals surface area contributed by atoms with Gasteiger partial charge in [0.2, 0.25) is 5.95 Å². The van der Waals surface area contributed by atoms with Gasteiger partial charge in [-0.1, -0.05) is 18.2 Å². The summed E-state index contributed by atoms with van der Waals surface area (Å²) >= 11 is 2.30.